The number of rotatable bonds is 5. The Hall–Kier alpha value is -2.20. The number of carbonyl (C=O) groups excluding carboxylic acids is 2. The lowest BCUT2D eigenvalue weighted by molar-refractivity contribution is -0.136. The lowest BCUT2D eigenvalue weighted by atomic mass is 10.0. The van der Waals surface area contributed by atoms with Crippen LogP contribution in [-0.2, 0) is 27.4 Å². The highest BCUT2D eigenvalue weighted by atomic mass is 16.6. The van der Waals surface area contributed by atoms with Crippen molar-refractivity contribution in [2.75, 3.05) is 26.7 Å². The van der Waals surface area contributed by atoms with Crippen molar-refractivity contribution in [1.29, 1.82) is 0 Å². The third-order valence-corrected chi connectivity index (χ3v) is 5.15. The maximum Gasteiger partial charge on any atom is 0.409 e. The standard InChI is InChI=1S/C20H35N5O5/c1-14(2)30-20(28)23(5)11-18-15(3)9-25(16(4)12-26)19(27)7-6-8-24-10-17(13-29-18)21-22-24/h10,14-16,18,26H,6-9,11-13H2,1-5H3/t15-,16+,18-/m1/s1. The Morgan fingerprint density at radius 2 is 2.17 bits per heavy atom. The summed E-state index contributed by atoms with van der Waals surface area (Å²) in [4.78, 5) is 28.3. The number of aliphatic hydroxyl groups is 1. The van der Waals surface area contributed by atoms with Gasteiger partial charge >= 0.3 is 6.09 Å². The van der Waals surface area contributed by atoms with E-state index in [4.69, 9.17) is 9.47 Å². The molecule has 0 spiro atoms. The van der Waals surface area contributed by atoms with Crippen molar-refractivity contribution in [3.05, 3.63) is 11.9 Å². The number of aromatic nitrogens is 3. The van der Waals surface area contributed by atoms with Gasteiger partial charge in [-0.3, -0.25) is 9.48 Å². The molecule has 0 fully saturated rings. The smallest absolute Gasteiger partial charge is 0.409 e. The number of carbonyl (C=O) groups is 2. The molecule has 170 valence electrons. The molecular formula is C20H35N5O5. The zero-order valence-electron chi connectivity index (χ0n) is 18.7. The molecule has 1 aliphatic heterocycles. The van der Waals surface area contributed by atoms with E-state index in [9.17, 15) is 14.7 Å². The van der Waals surface area contributed by atoms with Crippen LogP contribution in [0.25, 0.3) is 0 Å². The summed E-state index contributed by atoms with van der Waals surface area (Å²) in [7, 11) is 1.66. The fourth-order valence-corrected chi connectivity index (χ4v) is 3.33. The molecule has 0 radical (unpaired) electrons. The fraction of sp³-hybridized carbons (Fsp3) is 0.800. The fourth-order valence-electron chi connectivity index (χ4n) is 3.33. The SMILES string of the molecule is CC(C)OC(=O)N(C)C[C@H]1OCc2cn(nn2)CCCC(=O)N([C@@H](C)CO)C[C@H]1C. The van der Waals surface area contributed by atoms with Crippen molar-refractivity contribution < 1.29 is 24.2 Å². The highest BCUT2D eigenvalue weighted by Crippen LogP contribution is 2.18. The van der Waals surface area contributed by atoms with Crippen molar-refractivity contribution in [2.24, 2.45) is 5.92 Å². The summed E-state index contributed by atoms with van der Waals surface area (Å²) >= 11 is 0. The largest absolute Gasteiger partial charge is 0.447 e. The molecule has 1 aromatic rings. The Morgan fingerprint density at radius 3 is 2.83 bits per heavy atom. The first-order valence-electron chi connectivity index (χ1n) is 10.5. The van der Waals surface area contributed by atoms with Gasteiger partial charge in [-0.25, -0.2) is 4.79 Å². The monoisotopic (exact) mass is 425 g/mol. The Morgan fingerprint density at radius 1 is 1.43 bits per heavy atom. The first-order chi connectivity index (χ1) is 14.2. The molecule has 2 heterocycles. The van der Waals surface area contributed by atoms with Crippen LogP contribution >= 0.6 is 0 Å². The summed E-state index contributed by atoms with van der Waals surface area (Å²) in [6.07, 6.45) is 1.81. The molecule has 10 heteroatoms. The van der Waals surface area contributed by atoms with Gasteiger partial charge in [-0.15, -0.1) is 5.10 Å². The number of aliphatic hydroxyl groups excluding tert-OH is 1. The van der Waals surface area contributed by atoms with Crippen LogP contribution < -0.4 is 0 Å². The number of fused-ring (bicyclic) bond motifs is 2. The number of nitrogens with zero attached hydrogens (tertiary/aromatic N) is 5. The second-order valence-corrected chi connectivity index (χ2v) is 8.29. The van der Waals surface area contributed by atoms with E-state index in [0.717, 1.165) is 0 Å². The van der Waals surface area contributed by atoms with Crippen LogP contribution in [0.1, 0.15) is 46.2 Å². The Kier molecular flexibility index (Phi) is 9.04. The van der Waals surface area contributed by atoms with Gasteiger partial charge in [0.1, 0.15) is 5.69 Å². The van der Waals surface area contributed by atoms with E-state index in [2.05, 4.69) is 10.3 Å². The summed E-state index contributed by atoms with van der Waals surface area (Å²) in [5.74, 6) is -0.109. The molecule has 30 heavy (non-hydrogen) atoms. The molecule has 1 N–H and O–H groups in total. The highest BCUT2D eigenvalue weighted by molar-refractivity contribution is 5.76. The van der Waals surface area contributed by atoms with Crippen molar-refractivity contribution in [3.63, 3.8) is 0 Å². The zero-order valence-corrected chi connectivity index (χ0v) is 18.7. The van der Waals surface area contributed by atoms with Crippen molar-refractivity contribution in [1.82, 2.24) is 24.8 Å². The Labute approximate surface area is 178 Å². The van der Waals surface area contributed by atoms with Crippen LogP contribution in [0.15, 0.2) is 6.20 Å². The number of hydrogen-bond donors (Lipinski definition) is 1. The van der Waals surface area contributed by atoms with E-state index in [1.165, 1.54) is 4.90 Å². The molecule has 1 aromatic heterocycles. The van der Waals surface area contributed by atoms with Crippen LogP contribution in [0.5, 0.6) is 0 Å². The molecular weight excluding hydrogens is 390 g/mol. The summed E-state index contributed by atoms with van der Waals surface area (Å²) in [5.41, 5.74) is 0.700. The summed E-state index contributed by atoms with van der Waals surface area (Å²) in [5, 5.41) is 17.9. The molecule has 2 bridgehead atoms. The normalized spacial score (nSPS) is 22.1. The molecule has 10 nitrogen and oxygen atoms in total. The number of aryl methyl sites for hydroxylation is 1. The number of likely N-dealkylation sites (N-methyl/N-ethyl adjacent to an activating group) is 1. The van der Waals surface area contributed by atoms with Crippen LogP contribution in [0, 0.1) is 5.92 Å². The number of ether oxygens (including phenoxy) is 2. The van der Waals surface area contributed by atoms with Gasteiger partial charge in [0.25, 0.3) is 0 Å². The van der Waals surface area contributed by atoms with Gasteiger partial charge in [0, 0.05) is 32.5 Å². The first kappa shape index (κ1) is 24.1. The third kappa shape index (κ3) is 6.94. The van der Waals surface area contributed by atoms with Gasteiger partial charge in [0.15, 0.2) is 0 Å². The van der Waals surface area contributed by atoms with Gasteiger partial charge in [0.2, 0.25) is 5.91 Å². The lowest BCUT2D eigenvalue weighted by Gasteiger charge is -2.35. The summed E-state index contributed by atoms with van der Waals surface area (Å²) in [6, 6.07) is -0.299. The van der Waals surface area contributed by atoms with E-state index < -0.39 is 6.09 Å². The average Bonchev–Trinajstić information content (AvgIpc) is 3.14. The van der Waals surface area contributed by atoms with Crippen LogP contribution in [-0.4, -0.2) is 86.9 Å². The van der Waals surface area contributed by atoms with Gasteiger partial charge < -0.3 is 24.4 Å². The Balaban J connectivity index is 2.21. The average molecular weight is 426 g/mol. The third-order valence-electron chi connectivity index (χ3n) is 5.15. The summed E-state index contributed by atoms with van der Waals surface area (Å²) in [6.45, 7) is 8.85. The number of amides is 2. The molecule has 0 saturated heterocycles. The van der Waals surface area contributed by atoms with E-state index in [-0.39, 0.29) is 43.3 Å². The molecule has 1 aliphatic rings. The minimum absolute atomic E-state index is 0.0192. The van der Waals surface area contributed by atoms with Crippen LogP contribution in [0.4, 0.5) is 4.79 Å². The molecule has 0 saturated carbocycles. The van der Waals surface area contributed by atoms with E-state index >= 15 is 0 Å². The lowest BCUT2D eigenvalue weighted by Crippen LogP contribution is -2.47. The maximum atomic E-state index is 12.8. The molecule has 0 aromatic carbocycles. The predicted octanol–water partition coefficient (Wildman–Crippen LogP) is 1.28. The second kappa shape index (κ2) is 11.3. The van der Waals surface area contributed by atoms with Crippen molar-refractivity contribution >= 4 is 12.0 Å². The highest BCUT2D eigenvalue weighted by Gasteiger charge is 2.29. The van der Waals surface area contributed by atoms with Gasteiger partial charge in [-0.1, -0.05) is 12.1 Å². The Bertz CT molecular complexity index is 695. The van der Waals surface area contributed by atoms with E-state index in [0.29, 0.717) is 38.2 Å². The van der Waals surface area contributed by atoms with Gasteiger partial charge in [0.05, 0.1) is 44.2 Å². The van der Waals surface area contributed by atoms with Gasteiger partial charge in [-0.05, 0) is 27.2 Å². The van der Waals surface area contributed by atoms with Gasteiger partial charge in [-0.2, -0.15) is 0 Å². The quantitative estimate of drug-likeness (QED) is 0.757. The molecule has 0 unspecified atom stereocenters. The van der Waals surface area contributed by atoms with E-state index in [1.807, 2.05) is 20.0 Å². The summed E-state index contributed by atoms with van der Waals surface area (Å²) < 4.78 is 13.1. The minimum atomic E-state index is -0.425. The topological polar surface area (TPSA) is 110 Å². The molecule has 0 aliphatic carbocycles. The van der Waals surface area contributed by atoms with Crippen LogP contribution in [0.2, 0.25) is 0 Å². The number of hydrogen-bond acceptors (Lipinski definition) is 7. The minimum Gasteiger partial charge on any atom is -0.447 e. The zero-order chi connectivity index (χ0) is 22.3. The maximum absolute atomic E-state index is 12.8. The van der Waals surface area contributed by atoms with E-state index in [1.54, 1.807) is 30.5 Å². The molecule has 2 amide bonds. The molecule has 3 atom stereocenters. The molecule has 2 rings (SSSR count). The second-order valence-electron chi connectivity index (χ2n) is 8.29. The van der Waals surface area contributed by atoms with Crippen molar-refractivity contribution in [3.8, 4) is 0 Å². The van der Waals surface area contributed by atoms with Crippen LogP contribution in [0.3, 0.4) is 0 Å². The van der Waals surface area contributed by atoms with Crippen molar-refractivity contribution in [2.45, 2.75) is 71.9 Å². The first-order valence-corrected chi connectivity index (χ1v) is 10.5. The predicted molar refractivity (Wildman–Crippen MR) is 110 cm³/mol.